The molecule has 1 N–H and O–H groups in total. The summed E-state index contributed by atoms with van der Waals surface area (Å²) in [6.07, 6.45) is 2.82. The number of hydrogen-bond donors (Lipinski definition) is 1. The summed E-state index contributed by atoms with van der Waals surface area (Å²) in [6.45, 7) is 4.43. The molecule has 1 unspecified atom stereocenters. The first-order chi connectivity index (χ1) is 8.09. The molecule has 2 rings (SSSR count). The summed E-state index contributed by atoms with van der Waals surface area (Å²) in [7, 11) is 2.04. The van der Waals surface area contributed by atoms with Crippen LogP contribution in [0.3, 0.4) is 0 Å². The van der Waals surface area contributed by atoms with E-state index in [0.717, 1.165) is 13.1 Å². The Labute approximate surface area is 101 Å². The standard InChI is InChI=1S/C12H17N3O2/c1-9-8-14(2)5-6-15(9)12(17)10-3-4-13-7-11(10)16/h3-4,7,9,16H,5-6,8H2,1-2H3. The minimum Gasteiger partial charge on any atom is -0.505 e. The maximum absolute atomic E-state index is 12.3. The molecule has 0 bridgehead atoms. The molecular formula is C12H17N3O2. The lowest BCUT2D eigenvalue weighted by atomic mass is 10.1. The molecule has 1 fully saturated rings. The van der Waals surface area contributed by atoms with Gasteiger partial charge in [0.1, 0.15) is 5.75 Å². The van der Waals surface area contributed by atoms with Gasteiger partial charge in [-0.25, -0.2) is 0 Å². The van der Waals surface area contributed by atoms with E-state index < -0.39 is 0 Å². The molecule has 1 aliphatic rings. The number of amides is 1. The highest BCUT2D eigenvalue weighted by atomic mass is 16.3. The summed E-state index contributed by atoms with van der Waals surface area (Å²) in [6, 6.07) is 1.72. The van der Waals surface area contributed by atoms with Crippen LogP contribution in [0, 0.1) is 0 Å². The number of aromatic hydroxyl groups is 1. The van der Waals surface area contributed by atoms with Crippen LogP contribution in [0.25, 0.3) is 0 Å². The van der Waals surface area contributed by atoms with E-state index in [9.17, 15) is 9.90 Å². The number of aromatic nitrogens is 1. The van der Waals surface area contributed by atoms with Crippen molar-refractivity contribution in [3.05, 3.63) is 24.0 Å². The molecule has 0 aliphatic carbocycles. The second-order valence-electron chi connectivity index (χ2n) is 4.50. The minimum atomic E-state index is -0.120. The Morgan fingerprint density at radius 3 is 2.94 bits per heavy atom. The zero-order chi connectivity index (χ0) is 12.4. The second-order valence-corrected chi connectivity index (χ2v) is 4.50. The first kappa shape index (κ1) is 11.9. The van der Waals surface area contributed by atoms with Crippen LogP contribution in [0.4, 0.5) is 0 Å². The summed E-state index contributed by atoms with van der Waals surface area (Å²) in [5, 5.41) is 9.63. The van der Waals surface area contributed by atoms with Crippen molar-refractivity contribution < 1.29 is 9.90 Å². The zero-order valence-electron chi connectivity index (χ0n) is 10.1. The van der Waals surface area contributed by atoms with E-state index in [4.69, 9.17) is 0 Å². The van der Waals surface area contributed by atoms with Gasteiger partial charge in [-0.05, 0) is 20.0 Å². The lowest BCUT2D eigenvalue weighted by Gasteiger charge is -2.38. The lowest BCUT2D eigenvalue weighted by molar-refractivity contribution is 0.0530. The van der Waals surface area contributed by atoms with Crippen molar-refractivity contribution in [1.82, 2.24) is 14.8 Å². The summed E-state index contributed by atoms with van der Waals surface area (Å²) in [4.78, 5) is 20.0. The van der Waals surface area contributed by atoms with Crippen LogP contribution in [0.5, 0.6) is 5.75 Å². The average molecular weight is 235 g/mol. The van der Waals surface area contributed by atoms with Crippen molar-refractivity contribution in [2.24, 2.45) is 0 Å². The highest BCUT2D eigenvalue weighted by molar-refractivity contribution is 5.96. The fourth-order valence-electron chi connectivity index (χ4n) is 2.16. The van der Waals surface area contributed by atoms with Gasteiger partial charge in [-0.15, -0.1) is 0 Å². The number of likely N-dealkylation sites (N-methyl/N-ethyl adjacent to an activating group) is 1. The molecule has 1 aromatic heterocycles. The third-order valence-electron chi connectivity index (χ3n) is 3.12. The summed E-state index contributed by atoms with van der Waals surface area (Å²) >= 11 is 0. The molecule has 5 heteroatoms. The van der Waals surface area contributed by atoms with Gasteiger partial charge in [0.05, 0.1) is 11.8 Å². The number of pyridine rings is 1. The van der Waals surface area contributed by atoms with Crippen molar-refractivity contribution in [2.45, 2.75) is 13.0 Å². The summed E-state index contributed by atoms with van der Waals surface area (Å²) < 4.78 is 0. The highest BCUT2D eigenvalue weighted by Crippen LogP contribution is 2.19. The minimum absolute atomic E-state index is 0.0522. The van der Waals surface area contributed by atoms with Gasteiger partial charge in [-0.1, -0.05) is 0 Å². The molecule has 0 saturated carbocycles. The van der Waals surface area contributed by atoms with Crippen molar-refractivity contribution in [2.75, 3.05) is 26.7 Å². The van der Waals surface area contributed by atoms with Crippen LogP contribution in [0.15, 0.2) is 18.5 Å². The fourth-order valence-corrected chi connectivity index (χ4v) is 2.16. The van der Waals surface area contributed by atoms with Crippen LogP contribution < -0.4 is 0 Å². The van der Waals surface area contributed by atoms with Crippen molar-refractivity contribution in [1.29, 1.82) is 0 Å². The fraction of sp³-hybridized carbons (Fsp3) is 0.500. The Morgan fingerprint density at radius 1 is 1.53 bits per heavy atom. The summed E-state index contributed by atoms with van der Waals surface area (Å²) in [5.74, 6) is -0.172. The molecule has 1 amide bonds. The molecule has 92 valence electrons. The van der Waals surface area contributed by atoms with Gasteiger partial charge < -0.3 is 14.9 Å². The lowest BCUT2D eigenvalue weighted by Crippen LogP contribution is -2.52. The average Bonchev–Trinajstić information content (AvgIpc) is 2.29. The van der Waals surface area contributed by atoms with E-state index in [1.165, 1.54) is 12.4 Å². The maximum atomic E-state index is 12.3. The van der Waals surface area contributed by atoms with Crippen LogP contribution in [-0.4, -0.2) is 58.5 Å². The Bertz CT molecular complexity index is 422. The molecule has 0 spiro atoms. The first-order valence-electron chi connectivity index (χ1n) is 5.72. The largest absolute Gasteiger partial charge is 0.505 e. The molecule has 17 heavy (non-hydrogen) atoms. The number of carbonyl (C=O) groups excluding carboxylic acids is 1. The van der Waals surface area contributed by atoms with Gasteiger partial charge >= 0.3 is 0 Å². The Morgan fingerprint density at radius 2 is 2.29 bits per heavy atom. The number of hydrogen-bond acceptors (Lipinski definition) is 4. The predicted molar refractivity (Wildman–Crippen MR) is 63.9 cm³/mol. The SMILES string of the molecule is CC1CN(C)CCN1C(=O)c1ccncc1O. The van der Waals surface area contributed by atoms with Gasteiger partial charge in [0.2, 0.25) is 0 Å². The van der Waals surface area contributed by atoms with Gasteiger partial charge in [0.15, 0.2) is 0 Å². The topological polar surface area (TPSA) is 56.7 Å². The van der Waals surface area contributed by atoms with E-state index in [2.05, 4.69) is 9.88 Å². The number of nitrogens with zero attached hydrogens (tertiary/aromatic N) is 3. The van der Waals surface area contributed by atoms with Gasteiger partial charge in [0, 0.05) is 31.9 Å². The first-order valence-corrected chi connectivity index (χ1v) is 5.72. The normalized spacial score (nSPS) is 21.5. The van der Waals surface area contributed by atoms with Crippen LogP contribution in [0.2, 0.25) is 0 Å². The zero-order valence-corrected chi connectivity index (χ0v) is 10.1. The Hall–Kier alpha value is -1.62. The number of piperazine rings is 1. The molecule has 1 saturated heterocycles. The molecule has 2 heterocycles. The number of carbonyl (C=O) groups is 1. The van der Waals surface area contributed by atoms with E-state index in [-0.39, 0.29) is 17.7 Å². The van der Waals surface area contributed by atoms with Crippen molar-refractivity contribution >= 4 is 5.91 Å². The molecule has 1 aromatic rings. The molecular weight excluding hydrogens is 218 g/mol. The van der Waals surface area contributed by atoms with Gasteiger partial charge in [0.25, 0.3) is 5.91 Å². The summed E-state index contributed by atoms with van der Waals surface area (Å²) in [5.41, 5.74) is 0.330. The van der Waals surface area contributed by atoms with Crippen LogP contribution in [-0.2, 0) is 0 Å². The van der Waals surface area contributed by atoms with Crippen LogP contribution >= 0.6 is 0 Å². The Balaban J connectivity index is 2.18. The van der Waals surface area contributed by atoms with E-state index in [0.29, 0.717) is 12.1 Å². The highest BCUT2D eigenvalue weighted by Gasteiger charge is 2.27. The quantitative estimate of drug-likeness (QED) is 0.773. The van der Waals surface area contributed by atoms with Gasteiger partial charge in [-0.2, -0.15) is 0 Å². The van der Waals surface area contributed by atoms with E-state index in [1.807, 2.05) is 14.0 Å². The van der Waals surface area contributed by atoms with E-state index in [1.54, 1.807) is 11.0 Å². The molecule has 1 aliphatic heterocycles. The third kappa shape index (κ3) is 2.39. The smallest absolute Gasteiger partial charge is 0.258 e. The van der Waals surface area contributed by atoms with E-state index >= 15 is 0 Å². The monoisotopic (exact) mass is 235 g/mol. The molecule has 1 atom stereocenters. The molecule has 0 aromatic carbocycles. The van der Waals surface area contributed by atoms with Crippen molar-refractivity contribution in [3.8, 4) is 5.75 Å². The van der Waals surface area contributed by atoms with Crippen LogP contribution in [0.1, 0.15) is 17.3 Å². The molecule has 0 radical (unpaired) electrons. The maximum Gasteiger partial charge on any atom is 0.258 e. The second kappa shape index (κ2) is 4.71. The third-order valence-corrected chi connectivity index (χ3v) is 3.12. The van der Waals surface area contributed by atoms with Crippen molar-refractivity contribution in [3.63, 3.8) is 0 Å². The molecule has 5 nitrogen and oxygen atoms in total. The number of rotatable bonds is 1. The predicted octanol–water partition coefficient (Wildman–Crippen LogP) is 0.563. The van der Waals surface area contributed by atoms with Gasteiger partial charge in [-0.3, -0.25) is 9.78 Å². The Kier molecular flexibility index (Phi) is 3.28.